The van der Waals surface area contributed by atoms with Crippen molar-refractivity contribution in [2.75, 3.05) is 40.5 Å². The molecule has 0 fully saturated rings. The van der Waals surface area contributed by atoms with E-state index in [1.165, 1.54) is 0 Å². The number of aliphatic imine (C=N–C) groups is 1. The quantitative estimate of drug-likeness (QED) is 0.293. The summed E-state index contributed by atoms with van der Waals surface area (Å²) in [6.07, 6.45) is 1.76. The largest absolute Gasteiger partial charge is 0.383 e. The zero-order chi connectivity index (χ0) is 18.8. The van der Waals surface area contributed by atoms with Crippen LogP contribution in [-0.2, 0) is 33.8 Å². The summed E-state index contributed by atoms with van der Waals surface area (Å²) in [6.45, 7) is 4.87. The first-order valence-electron chi connectivity index (χ1n) is 8.88. The van der Waals surface area contributed by atoms with Gasteiger partial charge < -0.3 is 25.4 Å². The maximum Gasteiger partial charge on any atom is 0.241 e. The zero-order valence-corrected chi connectivity index (χ0v) is 15.7. The first kappa shape index (κ1) is 20.1. The van der Waals surface area contributed by atoms with E-state index in [-0.39, 0.29) is 18.5 Å². The highest BCUT2D eigenvalue weighted by Crippen LogP contribution is 2.13. The molecule has 1 aromatic heterocycles. The molecule has 26 heavy (non-hydrogen) atoms. The van der Waals surface area contributed by atoms with Gasteiger partial charge >= 0.3 is 0 Å². The van der Waals surface area contributed by atoms with Crippen molar-refractivity contribution in [3.05, 3.63) is 11.6 Å². The molecule has 146 valence electrons. The Morgan fingerprint density at radius 1 is 1.35 bits per heavy atom. The SMILES string of the molecule is CCNC(=NCC(=O)NCCOC)NC1CCc2nc(COC)nn2C1. The Kier molecular flexibility index (Phi) is 8.29. The van der Waals surface area contributed by atoms with Crippen LogP contribution < -0.4 is 16.0 Å². The number of hydrogen-bond acceptors (Lipinski definition) is 6. The summed E-state index contributed by atoms with van der Waals surface area (Å²) in [7, 11) is 3.23. The van der Waals surface area contributed by atoms with Gasteiger partial charge in [-0.05, 0) is 13.3 Å². The van der Waals surface area contributed by atoms with E-state index in [1.54, 1.807) is 14.2 Å². The maximum atomic E-state index is 11.8. The summed E-state index contributed by atoms with van der Waals surface area (Å²) in [5.74, 6) is 2.18. The number of rotatable bonds is 9. The molecule has 1 aliphatic heterocycles. The van der Waals surface area contributed by atoms with Gasteiger partial charge in [0.25, 0.3) is 0 Å². The summed E-state index contributed by atoms with van der Waals surface area (Å²) in [5, 5.41) is 13.8. The van der Waals surface area contributed by atoms with E-state index in [2.05, 4.69) is 31.0 Å². The summed E-state index contributed by atoms with van der Waals surface area (Å²) in [6, 6.07) is 0.175. The Hall–Kier alpha value is -2.20. The predicted octanol–water partition coefficient (Wildman–Crippen LogP) is -0.943. The van der Waals surface area contributed by atoms with E-state index >= 15 is 0 Å². The van der Waals surface area contributed by atoms with Crippen molar-refractivity contribution in [2.45, 2.75) is 39.0 Å². The molecule has 10 nitrogen and oxygen atoms in total. The third kappa shape index (κ3) is 6.26. The van der Waals surface area contributed by atoms with Crippen molar-refractivity contribution < 1.29 is 14.3 Å². The van der Waals surface area contributed by atoms with E-state index in [0.717, 1.165) is 25.2 Å². The first-order valence-corrected chi connectivity index (χ1v) is 8.88. The van der Waals surface area contributed by atoms with Gasteiger partial charge in [0.05, 0.1) is 13.2 Å². The molecule has 3 N–H and O–H groups in total. The van der Waals surface area contributed by atoms with Crippen LogP contribution in [0.1, 0.15) is 25.0 Å². The van der Waals surface area contributed by atoms with Gasteiger partial charge in [0, 0.05) is 39.8 Å². The van der Waals surface area contributed by atoms with Crippen molar-refractivity contribution >= 4 is 11.9 Å². The van der Waals surface area contributed by atoms with E-state index < -0.39 is 0 Å². The van der Waals surface area contributed by atoms with Gasteiger partial charge in [-0.3, -0.25) is 4.79 Å². The fraction of sp³-hybridized carbons (Fsp3) is 0.750. The van der Waals surface area contributed by atoms with Crippen LogP contribution in [0.4, 0.5) is 0 Å². The molecule has 0 aromatic carbocycles. The number of amides is 1. The monoisotopic (exact) mass is 367 g/mol. The summed E-state index contributed by atoms with van der Waals surface area (Å²) in [4.78, 5) is 20.6. The van der Waals surface area contributed by atoms with Gasteiger partial charge in [0.1, 0.15) is 19.0 Å². The molecule has 10 heteroatoms. The average Bonchev–Trinajstić information content (AvgIpc) is 3.02. The molecular formula is C16H29N7O3. The third-order valence-electron chi connectivity index (χ3n) is 3.87. The number of fused-ring (bicyclic) bond motifs is 1. The fourth-order valence-corrected chi connectivity index (χ4v) is 2.68. The second kappa shape index (κ2) is 10.7. The fourth-order valence-electron chi connectivity index (χ4n) is 2.68. The molecule has 0 radical (unpaired) electrons. The van der Waals surface area contributed by atoms with Crippen molar-refractivity contribution in [1.82, 2.24) is 30.7 Å². The highest BCUT2D eigenvalue weighted by molar-refractivity contribution is 5.85. The molecule has 0 bridgehead atoms. The van der Waals surface area contributed by atoms with Crippen LogP contribution in [-0.4, -0.2) is 73.1 Å². The Morgan fingerprint density at radius 2 is 2.19 bits per heavy atom. The Bertz CT molecular complexity index is 603. The van der Waals surface area contributed by atoms with Crippen molar-refractivity contribution in [2.24, 2.45) is 4.99 Å². The number of guanidine groups is 1. The molecule has 2 heterocycles. The van der Waals surface area contributed by atoms with Gasteiger partial charge in [-0.15, -0.1) is 0 Å². The Balaban J connectivity index is 1.88. The van der Waals surface area contributed by atoms with Crippen LogP contribution in [0.2, 0.25) is 0 Å². The first-order chi connectivity index (χ1) is 12.7. The van der Waals surface area contributed by atoms with E-state index in [0.29, 0.717) is 38.1 Å². The van der Waals surface area contributed by atoms with Crippen LogP contribution in [0.5, 0.6) is 0 Å². The molecule has 1 amide bonds. The molecule has 1 aromatic rings. The summed E-state index contributed by atoms with van der Waals surface area (Å²) in [5.41, 5.74) is 0. The Morgan fingerprint density at radius 3 is 2.92 bits per heavy atom. The van der Waals surface area contributed by atoms with Gasteiger partial charge in [-0.1, -0.05) is 0 Å². The molecule has 0 saturated carbocycles. The molecule has 1 atom stereocenters. The van der Waals surface area contributed by atoms with Crippen molar-refractivity contribution in [1.29, 1.82) is 0 Å². The second-order valence-electron chi connectivity index (χ2n) is 5.98. The lowest BCUT2D eigenvalue weighted by molar-refractivity contribution is -0.119. The number of aryl methyl sites for hydroxylation is 1. The molecule has 1 aliphatic rings. The smallest absolute Gasteiger partial charge is 0.241 e. The lowest BCUT2D eigenvalue weighted by atomic mass is 10.1. The Labute approximate surface area is 153 Å². The normalized spacial score (nSPS) is 16.9. The van der Waals surface area contributed by atoms with Gasteiger partial charge in [0.15, 0.2) is 11.8 Å². The predicted molar refractivity (Wildman–Crippen MR) is 96.8 cm³/mol. The second-order valence-corrected chi connectivity index (χ2v) is 5.98. The molecule has 2 rings (SSSR count). The number of carbonyl (C=O) groups excluding carboxylic acids is 1. The highest BCUT2D eigenvalue weighted by atomic mass is 16.5. The lowest BCUT2D eigenvalue weighted by Crippen LogP contribution is -2.47. The zero-order valence-electron chi connectivity index (χ0n) is 15.7. The number of carbonyl (C=O) groups is 1. The minimum atomic E-state index is -0.134. The van der Waals surface area contributed by atoms with E-state index in [9.17, 15) is 4.79 Å². The number of methoxy groups -OCH3 is 2. The van der Waals surface area contributed by atoms with Gasteiger partial charge in [0.2, 0.25) is 5.91 Å². The van der Waals surface area contributed by atoms with Crippen molar-refractivity contribution in [3.63, 3.8) is 0 Å². The number of nitrogens with one attached hydrogen (secondary N) is 3. The number of hydrogen-bond donors (Lipinski definition) is 3. The van der Waals surface area contributed by atoms with Crippen LogP contribution in [0.15, 0.2) is 4.99 Å². The minimum absolute atomic E-state index is 0.0678. The van der Waals surface area contributed by atoms with E-state index in [4.69, 9.17) is 9.47 Å². The van der Waals surface area contributed by atoms with Gasteiger partial charge in [-0.25, -0.2) is 14.7 Å². The topological polar surface area (TPSA) is 115 Å². The van der Waals surface area contributed by atoms with Crippen LogP contribution in [0.25, 0.3) is 0 Å². The van der Waals surface area contributed by atoms with Crippen LogP contribution >= 0.6 is 0 Å². The average molecular weight is 367 g/mol. The molecular weight excluding hydrogens is 338 g/mol. The molecule has 1 unspecified atom stereocenters. The minimum Gasteiger partial charge on any atom is -0.383 e. The van der Waals surface area contributed by atoms with Crippen molar-refractivity contribution in [3.8, 4) is 0 Å². The summed E-state index contributed by atoms with van der Waals surface area (Å²) < 4.78 is 11.9. The lowest BCUT2D eigenvalue weighted by Gasteiger charge is -2.25. The third-order valence-corrected chi connectivity index (χ3v) is 3.87. The molecule has 0 spiro atoms. The number of nitrogens with zero attached hydrogens (tertiary/aromatic N) is 4. The summed E-state index contributed by atoms with van der Waals surface area (Å²) >= 11 is 0. The number of ether oxygens (including phenoxy) is 2. The van der Waals surface area contributed by atoms with Gasteiger partial charge in [-0.2, -0.15) is 5.10 Å². The van der Waals surface area contributed by atoms with Crippen LogP contribution in [0, 0.1) is 0 Å². The maximum absolute atomic E-state index is 11.8. The van der Waals surface area contributed by atoms with E-state index in [1.807, 2.05) is 11.6 Å². The highest BCUT2D eigenvalue weighted by Gasteiger charge is 2.22. The molecule has 0 aliphatic carbocycles. The standard InChI is InChI=1S/C16H29N7O3/c1-4-17-16(19-9-15(24)18-7-8-25-2)20-12-5-6-14-21-13(11-26-3)22-23(14)10-12/h12H,4-11H2,1-3H3,(H,18,24)(H2,17,19,20). The van der Waals surface area contributed by atoms with Crippen LogP contribution in [0.3, 0.4) is 0 Å². The molecule has 0 saturated heterocycles. The number of aromatic nitrogens is 3.